The van der Waals surface area contributed by atoms with Crippen molar-refractivity contribution < 1.29 is 14.7 Å². The van der Waals surface area contributed by atoms with Gasteiger partial charge in [-0.3, -0.25) is 9.78 Å². The van der Waals surface area contributed by atoms with Gasteiger partial charge >= 0.3 is 6.09 Å². The van der Waals surface area contributed by atoms with E-state index in [0.717, 1.165) is 16.5 Å². The fourth-order valence-corrected chi connectivity index (χ4v) is 3.85. The van der Waals surface area contributed by atoms with Crippen molar-refractivity contribution in [1.29, 1.82) is 0 Å². The number of aromatic nitrogens is 1. The highest BCUT2D eigenvalue weighted by atomic mass is 35.5. The lowest BCUT2D eigenvalue weighted by atomic mass is 10.1. The minimum absolute atomic E-state index is 0.131. The largest absolute Gasteiger partial charge is 0.465 e. The van der Waals surface area contributed by atoms with Gasteiger partial charge in [0, 0.05) is 18.1 Å². The number of hydrogen-bond donors (Lipinski definition) is 3. The van der Waals surface area contributed by atoms with Crippen molar-refractivity contribution in [3.63, 3.8) is 0 Å². The summed E-state index contributed by atoms with van der Waals surface area (Å²) in [5.74, 6) is -0.246. The third-order valence-electron chi connectivity index (χ3n) is 4.25. The second kappa shape index (κ2) is 8.56. The summed E-state index contributed by atoms with van der Waals surface area (Å²) in [7, 11) is 0. The average molecular weight is 439 g/mol. The van der Waals surface area contributed by atoms with Crippen molar-refractivity contribution in [2.24, 2.45) is 4.99 Å². The number of carbonyl (C=O) groups is 2. The molecule has 0 bridgehead atoms. The number of carboxylic acid groups (broad SMARTS) is 1. The van der Waals surface area contributed by atoms with Crippen molar-refractivity contribution in [1.82, 2.24) is 15.6 Å². The van der Waals surface area contributed by atoms with E-state index in [0.29, 0.717) is 26.3 Å². The van der Waals surface area contributed by atoms with Crippen molar-refractivity contribution in [2.75, 3.05) is 0 Å². The number of nitrogens with zero attached hydrogens (tertiary/aromatic N) is 2. The van der Waals surface area contributed by atoms with Gasteiger partial charge < -0.3 is 15.7 Å². The molecule has 1 saturated heterocycles. The number of hydrogen-bond acceptors (Lipinski definition) is 5. The highest BCUT2D eigenvalue weighted by molar-refractivity contribution is 8.18. The fraction of sp³-hybridized carbons (Fsp3) is 0.0476. The van der Waals surface area contributed by atoms with Crippen LogP contribution in [-0.4, -0.2) is 27.3 Å². The van der Waals surface area contributed by atoms with Crippen LogP contribution < -0.4 is 10.6 Å². The van der Waals surface area contributed by atoms with Gasteiger partial charge in [0.05, 0.1) is 21.1 Å². The highest BCUT2D eigenvalue weighted by Gasteiger charge is 2.24. The van der Waals surface area contributed by atoms with Crippen LogP contribution in [0.2, 0.25) is 5.02 Å². The molecule has 2 aromatic carbocycles. The molecule has 150 valence electrons. The minimum Gasteiger partial charge on any atom is -0.465 e. The zero-order chi connectivity index (χ0) is 21.1. The van der Waals surface area contributed by atoms with E-state index in [1.807, 2.05) is 30.3 Å². The molecule has 0 spiro atoms. The van der Waals surface area contributed by atoms with Crippen LogP contribution in [0.5, 0.6) is 0 Å². The quantitative estimate of drug-likeness (QED) is 0.518. The van der Waals surface area contributed by atoms with Crippen LogP contribution >= 0.6 is 23.4 Å². The van der Waals surface area contributed by atoms with Crippen LogP contribution in [0.25, 0.3) is 17.0 Å². The van der Waals surface area contributed by atoms with Gasteiger partial charge in [-0.15, -0.1) is 0 Å². The van der Waals surface area contributed by atoms with Gasteiger partial charge in [0.15, 0.2) is 5.17 Å². The van der Waals surface area contributed by atoms with Crippen molar-refractivity contribution in [3.8, 4) is 0 Å². The molecule has 1 aliphatic heterocycles. The van der Waals surface area contributed by atoms with Gasteiger partial charge in [-0.2, -0.15) is 0 Å². The molecular weight excluding hydrogens is 424 g/mol. The van der Waals surface area contributed by atoms with E-state index in [2.05, 4.69) is 20.6 Å². The van der Waals surface area contributed by atoms with Gasteiger partial charge in [-0.1, -0.05) is 29.8 Å². The van der Waals surface area contributed by atoms with Gasteiger partial charge in [-0.05, 0) is 59.3 Å². The minimum atomic E-state index is -1.12. The van der Waals surface area contributed by atoms with Crippen LogP contribution in [0.3, 0.4) is 0 Å². The highest BCUT2D eigenvalue weighted by Crippen LogP contribution is 2.32. The molecule has 2 heterocycles. The van der Waals surface area contributed by atoms with Gasteiger partial charge in [0.1, 0.15) is 0 Å². The maximum absolute atomic E-state index is 12.4. The first-order valence-corrected chi connectivity index (χ1v) is 10.1. The fourth-order valence-electron chi connectivity index (χ4n) is 2.86. The molecule has 1 fully saturated rings. The summed E-state index contributed by atoms with van der Waals surface area (Å²) in [6.07, 6.45) is 2.42. The van der Waals surface area contributed by atoms with Crippen LogP contribution in [0.4, 0.5) is 10.5 Å². The lowest BCUT2D eigenvalue weighted by Crippen LogP contribution is -2.20. The van der Waals surface area contributed by atoms with Gasteiger partial charge in [-0.25, -0.2) is 9.79 Å². The second-order valence-electron chi connectivity index (χ2n) is 6.38. The maximum atomic E-state index is 12.4. The maximum Gasteiger partial charge on any atom is 0.404 e. The summed E-state index contributed by atoms with van der Waals surface area (Å²) < 4.78 is 0. The summed E-state index contributed by atoms with van der Waals surface area (Å²) in [6, 6.07) is 14.6. The first kappa shape index (κ1) is 19.9. The number of amides is 2. The molecular formula is C21H15ClN4O3S. The molecule has 0 atom stereocenters. The number of carbonyl (C=O) groups excluding carboxylic acids is 1. The Bertz CT molecular complexity index is 1230. The Labute approximate surface area is 180 Å². The summed E-state index contributed by atoms with van der Waals surface area (Å²) in [5, 5.41) is 15.6. The molecule has 3 aromatic rings. The average Bonchev–Trinajstić information content (AvgIpc) is 3.07. The lowest BCUT2D eigenvalue weighted by Gasteiger charge is -2.05. The topological polar surface area (TPSA) is 104 Å². The molecule has 0 saturated carbocycles. The van der Waals surface area contributed by atoms with E-state index in [1.54, 1.807) is 30.5 Å². The Morgan fingerprint density at radius 1 is 1.27 bits per heavy atom. The van der Waals surface area contributed by atoms with Crippen LogP contribution in [0, 0.1) is 0 Å². The van der Waals surface area contributed by atoms with Gasteiger partial charge in [0.2, 0.25) is 0 Å². The van der Waals surface area contributed by atoms with E-state index in [9.17, 15) is 9.59 Å². The second-order valence-corrected chi connectivity index (χ2v) is 7.82. The zero-order valence-corrected chi connectivity index (χ0v) is 17.0. The standard InChI is InChI=1S/C21H15ClN4O3S/c22-15-5-3-13(11-24-21(28)29)9-17(15)25-20-26-19(27)18(30-20)10-12-4-6-16-14(8-12)2-1-7-23-16/h1-10,24H,11H2,(H,28,29)(H,25,26,27)/b18-10-. The van der Waals surface area contributed by atoms with E-state index in [-0.39, 0.29) is 12.5 Å². The smallest absolute Gasteiger partial charge is 0.404 e. The predicted molar refractivity (Wildman–Crippen MR) is 119 cm³/mol. The lowest BCUT2D eigenvalue weighted by molar-refractivity contribution is -0.115. The third-order valence-corrected chi connectivity index (χ3v) is 5.48. The van der Waals surface area contributed by atoms with E-state index < -0.39 is 6.09 Å². The van der Waals surface area contributed by atoms with Crippen molar-refractivity contribution in [3.05, 3.63) is 75.8 Å². The summed E-state index contributed by atoms with van der Waals surface area (Å²) in [4.78, 5) is 32.3. The van der Waals surface area contributed by atoms with Crippen molar-refractivity contribution in [2.45, 2.75) is 6.54 Å². The van der Waals surface area contributed by atoms with Crippen LogP contribution in [-0.2, 0) is 11.3 Å². The number of fused-ring (bicyclic) bond motifs is 1. The normalized spacial score (nSPS) is 16.2. The predicted octanol–water partition coefficient (Wildman–Crippen LogP) is 4.55. The molecule has 3 N–H and O–H groups in total. The number of nitrogens with one attached hydrogen (secondary N) is 2. The first-order chi connectivity index (χ1) is 14.5. The number of aliphatic imine (C=N–C) groups is 1. The molecule has 2 amide bonds. The van der Waals surface area contributed by atoms with Crippen LogP contribution in [0.1, 0.15) is 11.1 Å². The molecule has 0 unspecified atom stereocenters. The zero-order valence-electron chi connectivity index (χ0n) is 15.4. The summed E-state index contributed by atoms with van der Waals surface area (Å²) >= 11 is 7.42. The number of benzene rings is 2. The number of halogens is 1. The van der Waals surface area contributed by atoms with E-state index >= 15 is 0 Å². The molecule has 0 radical (unpaired) electrons. The SMILES string of the molecule is O=C(O)NCc1ccc(Cl)c(N=C2NC(=O)/C(=C/c3ccc4ncccc4c3)S2)c1. The molecule has 1 aliphatic rings. The molecule has 0 aliphatic carbocycles. The molecule has 4 rings (SSSR count). The summed E-state index contributed by atoms with van der Waals surface area (Å²) in [6.45, 7) is 0.131. The number of rotatable bonds is 4. The van der Waals surface area contributed by atoms with Gasteiger partial charge in [0.25, 0.3) is 5.91 Å². The number of thioether (sulfide) groups is 1. The molecule has 30 heavy (non-hydrogen) atoms. The molecule has 7 nitrogen and oxygen atoms in total. The number of amidine groups is 1. The third kappa shape index (κ3) is 4.61. The monoisotopic (exact) mass is 438 g/mol. The van der Waals surface area contributed by atoms with E-state index in [4.69, 9.17) is 16.7 Å². The Morgan fingerprint density at radius 3 is 2.97 bits per heavy atom. The van der Waals surface area contributed by atoms with Crippen molar-refractivity contribution >= 4 is 63.2 Å². The first-order valence-electron chi connectivity index (χ1n) is 8.87. The molecule has 9 heteroatoms. The van der Waals surface area contributed by atoms with Crippen LogP contribution in [0.15, 0.2) is 64.6 Å². The molecule has 1 aromatic heterocycles. The van der Waals surface area contributed by atoms with E-state index in [1.165, 1.54) is 11.8 Å². The summed E-state index contributed by atoms with van der Waals surface area (Å²) in [5.41, 5.74) is 2.92. The Balaban J connectivity index is 1.56. The Morgan fingerprint density at radius 2 is 2.13 bits per heavy atom. The Kier molecular flexibility index (Phi) is 5.69. The Hall–Kier alpha value is -3.36. The number of pyridine rings is 1.